The first-order chi connectivity index (χ1) is 2.00. The van der Waals surface area contributed by atoms with Crippen LogP contribution >= 0.6 is 11.9 Å². The van der Waals surface area contributed by atoms with Crippen LogP contribution in [0, 0.1) is 0 Å². The van der Waals surface area contributed by atoms with Crippen molar-refractivity contribution < 1.29 is 0 Å². The van der Waals surface area contributed by atoms with E-state index in [0.717, 1.165) is 5.75 Å². The average Bonchev–Trinajstić information content (AvgIpc) is 0.722. The van der Waals surface area contributed by atoms with Crippen LogP contribution in [0.4, 0.5) is 0 Å². The van der Waals surface area contributed by atoms with Gasteiger partial charge < -0.3 is 0 Å². The molecule has 0 aromatic heterocycles. The molecule has 1 nitrogen and oxygen atoms in total. The van der Waals surface area contributed by atoms with Crippen molar-refractivity contribution in [3.63, 3.8) is 0 Å². The molecule has 0 aromatic carbocycles. The van der Waals surface area contributed by atoms with Gasteiger partial charge in [0.2, 0.25) is 0 Å². The highest BCUT2D eigenvalue weighted by Gasteiger charge is 1.84. The molecular weight excluding hydrogens is 70.1 g/mol. The van der Waals surface area contributed by atoms with E-state index < -0.39 is 0 Å². The average molecular weight is 73.1 g/mol. The highest BCUT2D eigenvalue weighted by atomic mass is 32.2. The van der Waals surface area contributed by atoms with E-state index in [-0.39, 0.29) is 0 Å². The van der Waals surface area contributed by atoms with Gasteiger partial charge in [0.05, 0.1) is 5.75 Å². The summed E-state index contributed by atoms with van der Waals surface area (Å²) < 4.78 is 3.71. The maximum Gasteiger partial charge on any atom is 0.0514 e. The Morgan fingerprint density at radius 1 is 2.00 bits per heavy atom. The van der Waals surface area contributed by atoms with Gasteiger partial charge in [0.15, 0.2) is 0 Å². The molecule has 1 rings (SSSR count). The summed E-state index contributed by atoms with van der Waals surface area (Å²) in [5.41, 5.74) is 0. The topological polar surface area (TPSA) is 12.4 Å². The second-order valence-electron chi connectivity index (χ2n) is 0.584. The molecule has 0 unspecified atom stereocenters. The van der Waals surface area contributed by atoms with E-state index in [1.165, 1.54) is 0 Å². The summed E-state index contributed by atoms with van der Waals surface area (Å²) in [6.45, 7) is 0. The molecule has 0 saturated carbocycles. The highest BCUT2D eigenvalue weighted by Crippen LogP contribution is 2.05. The van der Waals surface area contributed by atoms with Crippen molar-refractivity contribution in [1.82, 2.24) is 0 Å². The van der Waals surface area contributed by atoms with E-state index in [9.17, 15) is 0 Å². The number of rotatable bonds is 0. The second-order valence-corrected chi connectivity index (χ2v) is 1.39. The lowest BCUT2D eigenvalue weighted by molar-refractivity contribution is 1.79. The molecule has 0 spiro atoms. The summed E-state index contributed by atoms with van der Waals surface area (Å²) in [6.07, 6.45) is 1.89. The molecule has 2 heteroatoms. The fraction of sp³-hybridized carbons (Fsp3) is 0.500. The second kappa shape index (κ2) is 0.763. The minimum Gasteiger partial charge on any atom is -0.228 e. The monoisotopic (exact) mass is 73.0 g/mol. The van der Waals surface area contributed by atoms with Gasteiger partial charge in [-0.15, -0.1) is 0 Å². The molecule has 0 fully saturated rings. The van der Waals surface area contributed by atoms with Crippen molar-refractivity contribution in [3.8, 4) is 0 Å². The summed E-state index contributed by atoms with van der Waals surface area (Å²) in [5.74, 6) is 1.12. The fourth-order valence-electron chi connectivity index (χ4n) is 0.0745. The van der Waals surface area contributed by atoms with Crippen molar-refractivity contribution in [2.75, 3.05) is 5.75 Å². The third-order valence-electron chi connectivity index (χ3n) is 0.298. The van der Waals surface area contributed by atoms with E-state index in [0.29, 0.717) is 0 Å². The molecule has 22 valence electrons. The lowest BCUT2D eigenvalue weighted by Gasteiger charge is -1.90. The third kappa shape index (κ3) is 0.130. The smallest absolute Gasteiger partial charge is 0.0514 e. The Kier molecular flexibility index (Phi) is 0.432. The zero-order valence-corrected chi connectivity index (χ0v) is 2.96. The van der Waals surface area contributed by atoms with Gasteiger partial charge >= 0.3 is 0 Å². The molecular formula is C2H3NS. The van der Waals surface area contributed by atoms with E-state index in [1.807, 2.05) is 6.21 Å². The summed E-state index contributed by atoms with van der Waals surface area (Å²) >= 11 is 1.61. The minimum atomic E-state index is 1.12. The Balaban J connectivity index is 2.47. The SMILES string of the molecule is C1=NSC1. The van der Waals surface area contributed by atoms with Crippen molar-refractivity contribution in [1.29, 1.82) is 0 Å². The Bertz CT molecular complexity index is 35.3. The van der Waals surface area contributed by atoms with E-state index in [4.69, 9.17) is 0 Å². The molecule has 0 atom stereocenters. The first-order valence-electron chi connectivity index (χ1n) is 1.14. The minimum absolute atomic E-state index is 1.12. The van der Waals surface area contributed by atoms with Crippen LogP contribution in [0.2, 0.25) is 0 Å². The van der Waals surface area contributed by atoms with E-state index in [2.05, 4.69) is 4.40 Å². The summed E-state index contributed by atoms with van der Waals surface area (Å²) in [7, 11) is 0. The summed E-state index contributed by atoms with van der Waals surface area (Å²) in [5, 5.41) is 0. The van der Waals surface area contributed by atoms with Crippen molar-refractivity contribution in [2.45, 2.75) is 0 Å². The van der Waals surface area contributed by atoms with Gasteiger partial charge in [0.1, 0.15) is 0 Å². The Labute approximate surface area is 29.3 Å². The Hall–Kier alpha value is 0.0200. The maximum absolute atomic E-state index is 3.71. The summed E-state index contributed by atoms with van der Waals surface area (Å²) in [4.78, 5) is 0. The first kappa shape index (κ1) is 2.27. The van der Waals surface area contributed by atoms with Gasteiger partial charge in [-0.25, -0.2) is 4.40 Å². The number of nitrogens with zero attached hydrogens (tertiary/aromatic N) is 1. The van der Waals surface area contributed by atoms with Crippen LogP contribution in [0.5, 0.6) is 0 Å². The Morgan fingerprint density at radius 2 is 2.25 bits per heavy atom. The molecule has 0 N–H and O–H groups in total. The fourth-order valence-corrected chi connectivity index (χ4v) is 0.224. The molecule has 0 aliphatic carbocycles. The third-order valence-corrected chi connectivity index (χ3v) is 0.894. The molecule has 0 bridgehead atoms. The first-order valence-corrected chi connectivity index (χ1v) is 2.08. The number of hydrogen-bond acceptors (Lipinski definition) is 2. The van der Waals surface area contributed by atoms with Gasteiger partial charge in [-0.2, -0.15) is 0 Å². The predicted octanol–water partition coefficient (Wildman–Crippen LogP) is 0.719. The van der Waals surface area contributed by atoms with Crippen molar-refractivity contribution >= 4 is 18.2 Å². The zero-order valence-electron chi connectivity index (χ0n) is 2.14. The van der Waals surface area contributed by atoms with Gasteiger partial charge in [-0.1, -0.05) is 0 Å². The number of hydrogen-bond donors (Lipinski definition) is 0. The lowest BCUT2D eigenvalue weighted by Crippen LogP contribution is -1.83. The molecule has 0 radical (unpaired) electrons. The van der Waals surface area contributed by atoms with Crippen molar-refractivity contribution in [3.05, 3.63) is 0 Å². The molecule has 1 aliphatic heterocycles. The largest absolute Gasteiger partial charge is 0.228 e. The van der Waals surface area contributed by atoms with Crippen LogP contribution < -0.4 is 0 Å². The maximum atomic E-state index is 3.71. The van der Waals surface area contributed by atoms with E-state index in [1.54, 1.807) is 11.9 Å². The lowest BCUT2D eigenvalue weighted by atomic mass is 10.9. The van der Waals surface area contributed by atoms with Gasteiger partial charge in [0.25, 0.3) is 0 Å². The Morgan fingerprint density at radius 3 is 2.25 bits per heavy atom. The van der Waals surface area contributed by atoms with Crippen LogP contribution in [0.1, 0.15) is 0 Å². The molecule has 1 aliphatic rings. The van der Waals surface area contributed by atoms with E-state index >= 15 is 0 Å². The molecule has 0 saturated heterocycles. The molecule has 0 aromatic rings. The zero-order chi connectivity index (χ0) is 2.83. The predicted molar refractivity (Wildman–Crippen MR) is 20.9 cm³/mol. The quantitative estimate of drug-likeness (QED) is 0.385. The van der Waals surface area contributed by atoms with Crippen LogP contribution in [0.25, 0.3) is 0 Å². The standard InChI is InChI=1S/C2H3NS/c1-2-4-3-1/h1H,2H2. The van der Waals surface area contributed by atoms with Gasteiger partial charge in [-0.3, -0.25) is 0 Å². The summed E-state index contributed by atoms with van der Waals surface area (Å²) in [6, 6.07) is 0. The van der Waals surface area contributed by atoms with Crippen molar-refractivity contribution in [2.24, 2.45) is 4.40 Å². The van der Waals surface area contributed by atoms with Gasteiger partial charge in [-0.05, 0) is 11.9 Å². The highest BCUT2D eigenvalue weighted by molar-refractivity contribution is 8.00. The van der Waals surface area contributed by atoms with Crippen LogP contribution in [0.15, 0.2) is 4.40 Å². The van der Waals surface area contributed by atoms with Crippen LogP contribution in [0.3, 0.4) is 0 Å². The molecule has 4 heavy (non-hydrogen) atoms. The molecule has 0 amide bonds. The van der Waals surface area contributed by atoms with Gasteiger partial charge in [0, 0.05) is 6.21 Å². The van der Waals surface area contributed by atoms with Crippen LogP contribution in [-0.4, -0.2) is 12.0 Å². The molecule has 1 heterocycles. The normalized spacial score (nSPS) is 20.0. The van der Waals surface area contributed by atoms with Crippen LogP contribution in [-0.2, 0) is 0 Å².